The highest BCUT2D eigenvalue weighted by molar-refractivity contribution is 9.10. The van der Waals surface area contributed by atoms with Crippen molar-refractivity contribution in [2.24, 2.45) is 0 Å². The van der Waals surface area contributed by atoms with Gasteiger partial charge in [0.25, 0.3) is 5.91 Å². The highest BCUT2D eigenvalue weighted by atomic mass is 79.9. The number of fused-ring (bicyclic) bond motifs is 1. The maximum Gasteiger partial charge on any atom is 0.251 e. The average Bonchev–Trinajstić information content (AvgIpc) is 2.44. The van der Waals surface area contributed by atoms with E-state index in [1.165, 1.54) is 0 Å². The van der Waals surface area contributed by atoms with Crippen molar-refractivity contribution in [1.82, 2.24) is 10.6 Å². The quantitative estimate of drug-likeness (QED) is 0.902. The van der Waals surface area contributed by atoms with Gasteiger partial charge in [0, 0.05) is 16.6 Å². The molecule has 2 amide bonds. The van der Waals surface area contributed by atoms with Crippen molar-refractivity contribution in [3.05, 3.63) is 46.4 Å². The summed E-state index contributed by atoms with van der Waals surface area (Å²) in [6, 6.07) is 11.3. The number of carbonyl (C=O) groups is 2. The minimum absolute atomic E-state index is 0.00888. The van der Waals surface area contributed by atoms with Crippen molar-refractivity contribution in [2.45, 2.75) is 6.92 Å². The van der Waals surface area contributed by atoms with Gasteiger partial charge in [-0.25, -0.2) is 0 Å². The molecule has 4 nitrogen and oxygen atoms in total. The van der Waals surface area contributed by atoms with Gasteiger partial charge in [0.1, 0.15) is 0 Å². The lowest BCUT2D eigenvalue weighted by Gasteiger charge is -2.06. The molecule has 0 aliphatic carbocycles. The monoisotopic (exact) mass is 334 g/mol. The Morgan fingerprint density at radius 1 is 1.05 bits per heavy atom. The van der Waals surface area contributed by atoms with Crippen molar-refractivity contribution in [3.8, 4) is 0 Å². The third-order valence-electron chi connectivity index (χ3n) is 2.85. The summed E-state index contributed by atoms with van der Waals surface area (Å²) in [6.45, 7) is 2.38. The molecule has 0 aliphatic rings. The zero-order valence-corrected chi connectivity index (χ0v) is 12.7. The summed E-state index contributed by atoms with van der Waals surface area (Å²) in [7, 11) is 0. The number of rotatable bonds is 4. The van der Waals surface area contributed by atoms with Gasteiger partial charge in [0.05, 0.1) is 6.54 Å². The van der Waals surface area contributed by atoms with Crippen LogP contribution in [0.25, 0.3) is 10.8 Å². The minimum atomic E-state index is -0.249. The van der Waals surface area contributed by atoms with Gasteiger partial charge in [-0.15, -0.1) is 0 Å². The number of likely N-dealkylation sites (N-methyl/N-ethyl adjacent to an activating group) is 1. The molecule has 2 rings (SSSR count). The van der Waals surface area contributed by atoms with Crippen molar-refractivity contribution in [2.75, 3.05) is 13.1 Å². The zero-order valence-electron chi connectivity index (χ0n) is 11.1. The maximum atomic E-state index is 12.0. The lowest BCUT2D eigenvalue weighted by Crippen LogP contribution is -2.36. The molecule has 2 N–H and O–H groups in total. The second-order valence-corrected chi connectivity index (χ2v) is 5.26. The van der Waals surface area contributed by atoms with E-state index in [9.17, 15) is 9.59 Å². The first kappa shape index (κ1) is 14.5. The van der Waals surface area contributed by atoms with Crippen LogP contribution in [0.3, 0.4) is 0 Å². The third-order valence-corrected chi connectivity index (χ3v) is 3.34. The molecule has 0 aliphatic heterocycles. The summed E-state index contributed by atoms with van der Waals surface area (Å²) in [4.78, 5) is 23.3. The molecule has 0 bridgehead atoms. The summed E-state index contributed by atoms with van der Waals surface area (Å²) in [6.07, 6.45) is 0. The molecular weight excluding hydrogens is 320 g/mol. The first-order valence-corrected chi connectivity index (χ1v) is 7.13. The highest BCUT2D eigenvalue weighted by Gasteiger charge is 2.08. The Hall–Kier alpha value is -1.88. The standard InChI is InChI=1S/C15H15BrN2O2/c1-2-17-14(19)9-18-15(20)12-4-3-11-8-13(16)6-5-10(11)7-12/h3-8H,2,9H2,1H3,(H,17,19)(H,18,20). The lowest BCUT2D eigenvalue weighted by atomic mass is 10.1. The number of hydrogen-bond acceptors (Lipinski definition) is 2. The van der Waals surface area contributed by atoms with Gasteiger partial charge < -0.3 is 10.6 Å². The molecule has 20 heavy (non-hydrogen) atoms. The van der Waals surface area contributed by atoms with Crippen LogP contribution in [-0.4, -0.2) is 24.9 Å². The first-order valence-electron chi connectivity index (χ1n) is 6.34. The molecule has 0 spiro atoms. The molecule has 0 unspecified atom stereocenters. The Balaban J connectivity index is 2.10. The van der Waals surface area contributed by atoms with E-state index in [2.05, 4.69) is 26.6 Å². The van der Waals surface area contributed by atoms with Crippen LogP contribution in [-0.2, 0) is 4.79 Å². The van der Waals surface area contributed by atoms with Gasteiger partial charge in [0.2, 0.25) is 5.91 Å². The van der Waals surface area contributed by atoms with E-state index in [1.807, 2.05) is 37.3 Å². The van der Waals surface area contributed by atoms with Gasteiger partial charge in [0.15, 0.2) is 0 Å². The van der Waals surface area contributed by atoms with Gasteiger partial charge in [-0.05, 0) is 42.0 Å². The Morgan fingerprint density at radius 2 is 1.75 bits per heavy atom. The first-order chi connectivity index (χ1) is 9.60. The van der Waals surface area contributed by atoms with Crippen LogP contribution < -0.4 is 10.6 Å². The second kappa shape index (κ2) is 6.52. The number of carbonyl (C=O) groups excluding carboxylic acids is 2. The highest BCUT2D eigenvalue weighted by Crippen LogP contribution is 2.20. The molecule has 2 aromatic carbocycles. The summed E-state index contributed by atoms with van der Waals surface area (Å²) >= 11 is 3.41. The van der Waals surface area contributed by atoms with E-state index in [1.54, 1.807) is 6.07 Å². The minimum Gasteiger partial charge on any atom is -0.355 e. The Bertz CT molecular complexity index is 655. The van der Waals surface area contributed by atoms with E-state index >= 15 is 0 Å². The van der Waals surface area contributed by atoms with Crippen LogP contribution >= 0.6 is 15.9 Å². The van der Waals surface area contributed by atoms with Gasteiger partial charge >= 0.3 is 0 Å². The molecule has 0 saturated heterocycles. The fourth-order valence-electron chi connectivity index (χ4n) is 1.88. The molecular formula is C15H15BrN2O2. The zero-order chi connectivity index (χ0) is 14.5. The number of benzene rings is 2. The normalized spacial score (nSPS) is 10.3. The molecule has 0 heterocycles. The van der Waals surface area contributed by atoms with Crippen LogP contribution in [0.15, 0.2) is 40.9 Å². The predicted molar refractivity (Wildman–Crippen MR) is 82.7 cm³/mol. The smallest absolute Gasteiger partial charge is 0.251 e. The SMILES string of the molecule is CCNC(=O)CNC(=O)c1ccc2cc(Br)ccc2c1. The third kappa shape index (κ3) is 3.57. The van der Waals surface area contributed by atoms with Gasteiger partial charge in [-0.1, -0.05) is 28.1 Å². The number of hydrogen-bond donors (Lipinski definition) is 2. The molecule has 2 aromatic rings. The number of nitrogens with one attached hydrogen (secondary N) is 2. The van der Waals surface area contributed by atoms with Crippen molar-refractivity contribution in [1.29, 1.82) is 0 Å². The van der Waals surface area contributed by atoms with Crippen LogP contribution in [0.4, 0.5) is 0 Å². The molecule has 0 atom stereocenters. The Morgan fingerprint density at radius 3 is 2.50 bits per heavy atom. The molecule has 104 valence electrons. The van der Waals surface area contributed by atoms with Crippen molar-refractivity contribution in [3.63, 3.8) is 0 Å². The molecule has 0 fully saturated rings. The molecule has 0 aromatic heterocycles. The maximum absolute atomic E-state index is 12.0. The topological polar surface area (TPSA) is 58.2 Å². The average molecular weight is 335 g/mol. The number of amides is 2. The van der Waals surface area contributed by atoms with E-state index in [4.69, 9.17) is 0 Å². The second-order valence-electron chi connectivity index (χ2n) is 4.34. The van der Waals surface area contributed by atoms with Gasteiger partial charge in [-0.2, -0.15) is 0 Å². The molecule has 0 saturated carbocycles. The Labute approximate surface area is 125 Å². The largest absolute Gasteiger partial charge is 0.355 e. The van der Waals surface area contributed by atoms with Crippen LogP contribution in [0.5, 0.6) is 0 Å². The predicted octanol–water partition coefficient (Wildman–Crippen LogP) is 2.47. The fourth-order valence-corrected chi connectivity index (χ4v) is 2.26. The lowest BCUT2D eigenvalue weighted by molar-refractivity contribution is -0.120. The van der Waals surface area contributed by atoms with Crippen LogP contribution in [0.2, 0.25) is 0 Å². The molecule has 0 radical (unpaired) electrons. The van der Waals surface area contributed by atoms with Crippen molar-refractivity contribution < 1.29 is 9.59 Å². The Kier molecular flexibility index (Phi) is 4.74. The summed E-state index contributed by atoms with van der Waals surface area (Å²) < 4.78 is 0.999. The van der Waals surface area contributed by atoms with Gasteiger partial charge in [-0.3, -0.25) is 9.59 Å². The van der Waals surface area contributed by atoms with E-state index < -0.39 is 0 Å². The fraction of sp³-hybridized carbons (Fsp3) is 0.200. The summed E-state index contributed by atoms with van der Waals surface area (Å²) in [5, 5.41) is 7.27. The van der Waals surface area contributed by atoms with E-state index in [0.29, 0.717) is 12.1 Å². The van der Waals surface area contributed by atoms with Crippen LogP contribution in [0.1, 0.15) is 17.3 Å². The van der Waals surface area contributed by atoms with E-state index in [-0.39, 0.29) is 18.4 Å². The molecule has 5 heteroatoms. The van der Waals surface area contributed by atoms with Crippen LogP contribution in [0, 0.1) is 0 Å². The number of halogens is 1. The summed E-state index contributed by atoms with van der Waals surface area (Å²) in [5.74, 6) is -0.438. The van der Waals surface area contributed by atoms with E-state index in [0.717, 1.165) is 15.2 Å². The summed E-state index contributed by atoms with van der Waals surface area (Å²) in [5.41, 5.74) is 0.545. The van der Waals surface area contributed by atoms with Crippen molar-refractivity contribution >= 4 is 38.5 Å².